The van der Waals surface area contributed by atoms with Crippen LogP contribution < -0.4 is 11.1 Å². The number of benzene rings is 1. The summed E-state index contributed by atoms with van der Waals surface area (Å²) >= 11 is 0. The van der Waals surface area contributed by atoms with E-state index in [0.29, 0.717) is 12.3 Å². The zero-order valence-corrected chi connectivity index (χ0v) is 11.7. The van der Waals surface area contributed by atoms with Gasteiger partial charge in [-0.1, -0.05) is 25.7 Å². The topological polar surface area (TPSA) is 55.1 Å². The Morgan fingerprint density at radius 1 is 1.29 bits per heavy atom. The molecule has 21 heavy (non-hydrogen) atoms. The Bertz CT molecular complexity index is 508. The summed E-state index contributed by atoms with van der Waals surface area (Å²) in [6.45, 7) is 0. The van der Waals surface area contributed by atoms with Gasteiger partial charge in [0, 0.05) is 6.42 Å². The molecule has 0 atom stereocenters. The number of hydrogen-bond acceptors (Lipinski definition) is 2. The molecule has 1 aliphatic rings. The number of carbonyl (C=O) groups excluding carboxylic acids is 1. The number of nitrogens with two attached hydrogens (primary N) is 1. The van der Waals surface area contributed by atoms with Gasteiger partial charge in [0.15, 0.2) is 0 Å². The average Bonchev–Trinajstić information content (AvgIpc) is 2.91. The predicted molar refractivity (Wildman–Crippen MR) is 75.7 cm³/mol. The Labute approximate surface area is 121 Å². The van der Waals surface area contributed by atoms with Crippen LogP contribution in [-0.2, 0) is 11.0 Å². The maximum atomic E-state index is 12.5. The largest absolute Gasteiger partial charge is 0.416 e. The minimum atomic E-state index is -4.43. The van der Waals surface area contributed by atoms with Crippen molar-refractivity contribution in [2.45, 2.75) is 44.7 Å². The molecule has 1 fully saturated rings. The van der Waals surface area contributed by atoms with Crippen LogP contribution in [0.5, 0.6) is 0 Å². The summed E-state index contributed by atoms with van der Waals surface area (Å²) in [5, 5.41) is 2.58. The average molecular weight is 300 g/mol. The van der Waals surface area contributed by atoms with Crippen LogP contribution in [0, 0.1) is 5.92 Å². The molecule has 116 valence electrons. The molecule has 0 unspecified atom stereocenters. The Morgan fingerprint density at radius 2 is 1.95 bits per heavy atom. The Hall–Kier alpha value is -1.72. The molecule has 0 aliphatic heterocycles. The maximum Gasteiger partial charge on any atom is 0.416 e. The van der Waals surface area contributed by atoms with Crippen molar-refractivity contribution in [1.82, 2.24) is 0 Å². The van der Waals surface area contributed by atoms with E-state index in [1.165, 1.54) is 18.9 Å². The van der Waals surface area contributed by atoms with E-state index in [0.717, 1.165) is 31.4 Å². The summed E-state index contributed by atoms with van der Waals surface area (Å²) in [5.41, 5.74) is 4.92. The third-order valence-corrected chi connectivity index (χ3v) is 3.91. The summed E-state index contributed by atoms with van der Waals surface area (Å²) in [5.74, 6) is 0.397. The summed E-state index contributed by atoms with van der Waals surface area (Å²) < 4.78 is 37.5. The van der Waals surface area contributed by atoms with Crippen molar-refractivity contribution in [3.63, 3.8) is 0 Å². The van der Waals surface area contributed by atoms with Crippen molar-refractivity contribution in [2.75, 3.05) is 11.1 Å². The summed E-state index contributed by atoms with van der Waals surface area (Å²) in [6, 6.07) is 2.96. The Balaban J connectivity index is 1.91. The van der Waals surface area contributed by atoms with Crippen LogP contribution in [0.15, 0.2) is 18.2 Å². The SMILES string of the molecule is Nc1cc(C(F)(F)F)ccc1NC(=O)CCC1CCCC1. The molecule has 0 saturated heterocycles. The molecular formula is C15H19F3N2O. The van der Waals surface area contributed by atoms with Gasteiger partial charge in [0.2, 0.25) is 5.91 Å². The molecular weight excluding hydrogens is 281 g/mol. The van der Waals surface area contributed by atoms with Crippen LogP contribution in [-0.4, -0.2) is 5.91 Å². The van der Waals surface area contributed by atoms with Gasteiger partial charge in [0.05, 0.1) is 16.9 Å². The molecule has 1 amide bonds. The molecule has 6 heteroatoms. The Kier molecular flexibility index (Phi) is 4.75. The van der Waals surface area contributed by atoms with Gasteiger partial charge in [0.25, 0.3) is 0 Å². The predicted octanol–water partition coefficient (Wildman–Crippen LogP) is 4.20. The van der Waals surface area contributed by atoms with Crippen LogP contribution in [0.3, 0.4) is 0 Å². The van der Waals surface area contributed by atoms with Crippen LogP contribution >= 0.6 is 0 Å². The van der Waals surface area contributed by atoms with Crippen molar-refractivity contribution in [1.29, 1.82) is 0 Å². The van der Waals surface area contributed by atoms with Crippen LogP contribution in [0.4, 0.5) is 24.5 Å². The molecule has 3 nitrogen and oxygen atoms in total. The van der Waals surface area contributed by atoms with E-state index in [9.17, 15) is 18.0 Å². The quantitative estimate of drug-likeness (QED) is 0.819. The molecule has 0 heterocycles. The van der Waals surface area contributed by atoms with Crippen molar-refractivity contribution >= 4 is 17.3 Å². The van der Waals surface area contributed by atoms with E-state index in [-0.39, 0.29) is 17.3 Å². The molecule has 1 aromatic rings. The first-order valence-corrected chi connectivity index (χ1v) is 7.13. The summed E-state index contributed by atoms with van der Waals surface area (Å²) in [7, 11) is 0. The van der Waals surface area contributed by atoms with Gasteiger partial charge in [0.1, 0.15) is 0 Å². The molecule has 0 aromatic heterocycles. The number of halogens is 3. The fraction of sp³-hybridized carbons (Fsp3) is 0.533. The highest BCUT2D eigenvalue weighted by Gasteiger charge is 2.30. The van der Waals surface area contributed by atoms with Gasteiger partial charge in [-0.3, -0.25) is 4.79 Å². The van der Waals surface area contributed by atoms with Crippen molar-refractivity contribution < 1.29 is 18.0 Å². The maximum absolute atomic E-state index is 12.5. The number of alkyl halides is 3. The van der Waals surface area contributed by atoms with Crippen LogP contribution in [0.2, 0.25) is 0 Å². The molecule has 0 bridgehead atoms. The highest BCUT2D eigenvalue weighted by Crippen LogP contribution is 2.33. The van der Waals surface area contributed by atoms with Crippen molar-refractivity contribution in [3.05, 3.63) is 23.8 Å². The van der Waals surface area contributed by atoms with E-state index in [1.54, 1.807) is 0 Å². The minimum absolute atomic E-state index is 0.0703. The third kappa shape index (κ3) is 4.37. The monoisotopic (exact) mass is 300 g/mol. The number of nitrogens with one attached hydrogen (secondary N) is 1. The Morgan fingerprint density at radius 3 is 2.52 bits per heavy atom. The van der Waals surface area contributed by atoms with E-state index in [2.05, 4.69) is 5.32 Å². The number of amides is 1. The molecule has 1 saturated carbocycles. The van der Waals surface area contributed by atoms with Gasteiger partial charge in [-0.15, -0.1) is 0 Å². The highest BCUT2D eigenvalue weighted by atomic mass is 19.4. The third-order valence-electron chi connectivity index (χ3n) is 3.91. The highest BCUT2D eigenvalue weighted by molar-refractivity contribution is 5.93. The second kappa shape index (κ2) is 6.37. The standard InChI is InChI=1S/C15H19F3N2O/c16-15(17,18)11-6-7-13(12(19)9-11)20-14(21)8-5-10-3-1-2-4-10/h6-7,9-10H,1-5,8,19H2,(H,20,21). The zero-order chi connectivity index (χ0) is 15.5. The van der Waals surface area contributed by atoms with Gasteiger partial charge >= 0.3 is 6.18 Å². The number of rotatable bonds is 4. The number of anilines is 2. The molecule has 3 N–H and O–H groups in total. The van der Waals surface area contributed by atoms with Gasteiger partial charge < -0.3 is 11.1 Å². The fourth-order valence-electron chi connectivity index (χ4n) is 2.70. The number of carbonyl (C=O) groups is 1. The van der Waals surface area contributed by atoms with Gasteiger partial charge in [-0.2, -0.15) is 13.2 Å². The lowest BCUT2D eigenvalue weighted by Crippen LogP contribution is -2.14. The zero-order valence-electron chi connectivity index (χ0n) is 11.7. The number of nitrogen functional groups attached to an aromatic ring is 1. The second-order valence-corrected chi connectivity index (χ2v) is 5.54. The normalized spacial score (nSPS) is 16.1. The lowest BCUT2D eigenvalue weighted by Gasteiger charge is -2.13. The lowest BCUT2D eigenvalue weighted by molar-refractivity contribution is -0.137. The van der Waals surface area contributed by atoms with Gasteiger partial charge in [-0.05, 0) is 30.5 Å². The molecule has 2 rings (SSSR count). The van der Waals surface area contributed by atoms with E-state index >= 15 is 0 Å². The fourth-order valence-corrected chi connectivity index (χ4v) is 2.70. The minimum Gasteiger partial charge on any atom is -0.397 e. The first kappa shape index (κ1) is 15.7. The van der Waals surface area contributed by atoms with Crippen LogP contribution in [0.25, 0.3) is 0 Å². The first-order chi connectivity index (χ1) is 9.86. The van der Waals surface area contributed by atoms with E-state index in [4.69, 9.17) is 5.73 Å². The first-order valence-electron chi connectivity index (χ1n) is 7.13. The van der Waals surface area contributed by atoms with Crippen LogP contribution in [0.1, 0.15) is 44.1 Å². The summed E-state index contributed by atoms with van der Waals surface area (Å²) in [4.78, 5) is 11.8. The second-order valence-electron chi connectivity index (χ2n) is 5.54. The molecule has 0 radical (unpaired) electrons. The van der Waals surface area contributed by atoms with Crippen molar-refractivity contribution in [3.8, 4) is 0 Å². The smallest absolute Gasteiger partial charge is 0.397 e. The van der Waals surface area contributed by atoms with Gasteiger partial charge in [-0.25, -0.2) is 0 Å². The summed E-state index contributed by atoms with van der Waals surface area (Å²) in [6.07, 6.45) is 1.54. The molecule has 1 aromatic carbocycles. The van der Waals surface area contributed by atoms with E-state index in [1.807, 2.05) is 0 Å². The molecule has 0 spiro atoms. The van der Waals surface area contributed by atoms with Crippen molar-refractivity contribution in [2.24, 2.45) is 5.92 Å². The number of hydrogen-bond donors (Lipinski definition) is 2. The lowest BCUT2D eigenvalue weighted by atomic mass is 10.0. The van der Waals surface area contributed by atoms with E-state index < -0.39 is 11.7 Å². The molecule has 1 aliphatic carbocycles.